The first-order valence-corrected chi connectivity index (χ1v) is 5.97. The molecular weight excluding hydrogens is 242 g/mol. The van der Waals surface area contributed by atoms with Gasteiger partial charge in [0.05, 0.1) is 0 Å². The van der Waals surface area contributed by atoms with Crippen LogP contribution in [0.2, 0.25) is 0 Å². The Labute approximate surface area is 93.4 Å². The van der Waals surface area contributed by atoms with Gasteiger partial charge in [0.15, 0.2) is 0 Å². The molecule has 0 aliphatic rings. The minimum atomic E-state index is 0.386. The van der Waals surface area contributed by atoms with E-state index in [0.29, 0.717) is 6.04 Å². The number of alkyl halides is 1. The van der Waals surface area contributed by atoms with Crippen molar-refractivity contribution >= 4 is 15.9 Å². The van der Waals surface area contributed by atoms with Gasteiger partial charge in [-0.1, -0.05) is 28.1 Å². The van der Waals surface area contributed by atoms with Crippen LogP contribution in [0, 0.1) is 0 Å². The Bertz CT molecular complexity index is 291. The highest BCUT2D eigenvalue weighted by Gasteiger charge is 2.04. The molecule has 0 bridgehead atoms. The van der Waals surface area contributed by atoms with Gasteiger partial charge in [-0.3, -0.25) is 0 Å². The second-order valence-corrected chi connectivity index (χ2v) is 4.16. The fraction of sp³-hybridized carbons (Fsp3) is 0.600. The van der Waals surface area contributed by atoms with Crippen molar-refractivity contribution in [2.24, 2.45) is 0 Å². The van der Waals surface area contributed by atoms with Crippen molar-refractivity contribution in [2.45, 2.75) is 32.7 Å². The molecule has 0 aliphatic heterocycles. The standard InChI is InChI=1S/C10H16BrN3/c1-9(2)14-10(12-8-13-14)6-4-3-5-7-11/h3-4,8-9H,5-7H2,1-2H3. The largest absolute Gasteiger partial charge is 0.247 e. The molecule has 0 N–H and O–H groups in total. The summed E-state index contributed by atoms with van der Waals surface area (Å²) in [4.78, 5) is 4.22. The van der Waals surface area contributed by atoms with E-state index >= 15 is 0 Å². The van der Waals surface area contributed by atoms with E-state index in [1.165, 1.54) is 0 Å². The molecule has 0 fully saturated rings. The maximum absolute atomic E-state index is 4.22. The second-order valence-electron chi connectivity index (χ2n) is 3.37. The predicted octanol–water partition coefficient (Wildman–Crippen LogP) is 2.74. The zero-order valence-corrected chi connectivity index (χ0v) is 10.2. The quantitative estimate of drug-likeness (QED) is 0.600. The average Bonchev–Trinajstić information content (AvgIpc) is 2.60. The van der Waals surface area contributed by atoms with Gasteiger partial charge in [-0.2, -0.15) is 5.10 Å². The zero-order valence-electron chi connectivity index (χ0n) is 8.65. The van der Waals surface area contributed by atoms with Gasteiger partial charge in [0.2, 0.25) is 0 Å². The summed E-state index contributed by atoms with van der Waals surface area (Å²) < 4.78 is 1.96. The van der Waals surface area contributed by atoms with Crippen LogP contribution in [0.25, 0.3) is 0 Å². The molecule has 14 heavy (non-hydrogen) atoms. The van der Waals surface area contributed by atoms with Crippen molar-refractivity contribution in [3.63, 3.8) is 0 Å². The van der Waals surface area contributed by atoms with E-state index in [4.69, 9.17) is 0 Å². The molecule has 0 aromatic carbocycles. The van der Waals surface area contributed by atoms with Crippen LogP contribution >= 0.6 is 15.9 Å². The number of halogens is 1. The molecule has 1 heterocycles. The van der Waals surface area contributed by atoms with E-state index in [1.807, 2.05) is 4.68 Å². The van der Waals surface area contributed by atoms with Gasteiger partial charge < -0.3 is 0 Å². The lowest BCUT2D eigenvalue weighted by Gasteiger charge is -2.07. The number of aromatic nitrogens is 3. The van der Waals surface area contributed by atoms with Crippen molar-refractivity contribution in [3.8, 4) is 0 Å². The Morgan fingerprint density at radius 1 is 1.50 bits per heavy atom. The highest BCUT2D eigenvalue weighted by molar-refractivity contribution is 9.09. The van der Waals surface area contributed by atoms with Crippen molar-refractivity contribution < 1.29 is 0 Å². The molecule has 0 spiro atoms. The molecule has 0 aliphatic carbocycles. The van der Waals surface area contributed by atoms with Crippen molar-refractivity contribution in [1.82, 2.24) is 14.8 Å². The van der Waals surface area contributed by atoms with Crippen molar-refractivity contribution in [1.29, 1.82) is 0 Å². The Hall–Kier alpha value is -0.640. The Kier molecular flexibility index (Phi) is 4.87. The molecule has 0 amide bonds. The molecule has 78 valence electrons. The van der Waals surface area contributed by atoms with Crippen LogP contribution in [-0.2, 0) is 6.42 Å². The van der Waals surface area contributed by atoms with Crippen LogP contribution in [0.1, 0.15) is 32.1 Å². The Balaban J connectivity index is 2.54. The first-order valence-electron chi connectivity index (χ1n) is 4.85. The van der Waals surface area contributed by atoms with Gasteiger partial charge in [0.1, 0.15) is 12.2 Å². The summed E-state index contributed by atoms with van der Waals surface area (Å²) in [6.45, 7) is 4.22. The number of allylic oxidation sites excluding steroid dienone is 2. The molecule has 1 aromatic heterocycles. The smallest absolute Gasteiger partial charge is 0.138 e. The van der Waals surface area contributed by atoms with Gasteiger partial charge in [-0.15, -0.1) is 0 Å². The molecular formula is C10H16BrN3. The van der Waals surface area contributed by atoms with E-state index in [2.05, 4.69) is 52.0 Å². The summed E-state index contributed by atoms with van der Waals surface area (Å²) in [6.07, 6.45) is 7.85. The van der Waals surface area contributed by atoms with Gasteiger partial charge in [-0.05, 0) is 20.3 Å². The zero-order chi connectivity index (χ0) is 10.4. The molecule has 3 nitrogen and oxygen atoms in total. The molecule has 0 radical (unpaired) electrons. The Morgan fingerprint density at radius 3 is 2.93 bits per heavy atom. The van der Waals surface area contributed by atoms with Crippen LogP contribution < -0.4 is 0 Å². The molecule has 0 atom stereocenters. The SMILES string of the molecule is CC(C)n1ncnc1CC=CCCBr. The van der Waals surface area contributed by atoms with Crippen molar-refractivity contribution in [2.75, 3.05) is 5.33 Å². The van der Waals surface area contributed by atoms with Gasteiger partial charge in [0, 0.05) is 17.8 Å². The molecule has 1 aromatic rings. The van der Waals surface area contributed by atoms with Crippen LogP contribution in [0.4, 0.5) is 0 Å². The maximum atomic E-state index is 4.22. The lowest BCUT2D eigenvalue weighted by molar-refractivity contribution is 0.511. The summed E-state index contributed by atoms with van der Waals surface area (Å²) in [6, 6.07) is 0.386. The van der Waals surface area contributed by atoms with E-state index in [9.17, 15) is 0 Å². The third-order valence-corrected chi connectivity index (χ3v) is 2.34. The second kappa shape index (κ2) is 5.96. The first kappa shape index (κ1) is 11.4. The minimum absolute atomic E-state index is 0.386. The normalized spacial score (nSPS) is 11.7. The topological polar surface area (TPSA) is 30.7 Å². The van der Waals surface area contributed by atoms with Crippen LogP contribution in [-0.4, -0.2) is 20.1 Å². The third kappa shape index (κ3) is 3.25. The summed E-state index contributed by atoms with van der Waals surface area (Å²) >= 11 is 3.38. The number of nitrogens with zero attached hydrogens (tertiary/aromatic N) is 3. The third-order valence-electron chi connectivity index (χ3n) is 1.88. The highest BCUT2D eigenvalue weighted by atomic mass is 79.9. The van der Waals surface area contributed by atoms with E-state index in [1.54, 1.807) is 6.33 Å². The molecule has 0 saturated heterocycles. The summed E-state index contributed by atoms with van der Waals surface area (Å²) in [5, 5.41) is 5.19. The number of hydrogen-bond donors (Lipinski definition) is 0. The van der Waals surface area contributed by atoms with Gasteiger partial charge in [-0.25, -0.2) is 9.67 Å². The summed E-state index contributed by atoms with van der Waals surface area (Å²) in [7, 11) is 0. The highest BCUT2D eigenvalue weighted by Crippen LogP contribution is 2.06. The summed E-state index contributed by atoms with van der Waals surface area (Å²) in [5.41, 5.74) is 0. The van der Waals surface area contributed by atoms with Gasteiger partial charge in [0.25, 0.3) is 0 Å². The average molecular weight is 258 g/mol. The van der Waals surface area contributed by atoms with Crippen LogP contribution in [0.5, 0.6) is 0 Å². The monoisotopic (exact) mass is 257 g/mol. The van der Waals surface area contributed by atoms with E-state index < -0.39 is 0 Å². The molecule has 1 rings (SSSR count). The lowest BCUT2D eigenvalue weighted by Crippen LogP contribution is -2.07. The maximum Gasteiger partial charge on any atom is 0.138 e. The fourth-order valence-corrected chi connectivity index (χ4v) is 1.49. The first-order chi connectivity index (χ1) is 6.75. The van der Waals surface area contributed by atoms with E-state index in [-0.39, 0.29) is 0 Å². The Morgan fingerprint density at radius 2 is 2.29 bits per heavy atom. The molecule has 0 unspecified atom stereocenters. The van der Waals surface area contributed by atoms with E-state index in [0.717, 1.165) is 24.0 Å². The number of rotatable bonds is 5. The minimum Gasteiger partial charge on any atom is -0.247 e. The summed E-state index contributed by atoms with van der Waals surface area (Å²) in [5.74, 6) is 1.03. The lowest BCUT2D eigenvalue weighted by atomic mass is 10.3. The fourth-order valence-electron chi connectivity index (χ4n) is 1.22. The molecule has 0 saturated carbocycles. The predicted molar refractivity (Wildman–Crippen MR) is 61.7 cm³/mol. The van der Waals surface area contributed by atoms with Gasteiger partial charge >= 0.3 is 0 Å². The van der Waals surface area contributed by atoms with Crippen molar-refractivity contribution in [3.05, 3.63) is 24.3 Å². The van der Waals surface area contributed by atoms with Crippen LogP contribution in [0.15, 0.2) is 18.5 Å². The number of hydrogen-bond acceptors (Lipinski definition) is 2. The van der Waals surface area contributed by atoms with Crippen LogP contribution in [0.3, 0.4) is 0 Å². The molecule has 4 heteroatoms.